The maximum atomic E-state index is 12.2. The number of nitrogens with one attached hydrogen (secondary N) is 2. The summed E-state index contributed by atoms with van der Waals surface area (Å²) in [5.74, 6) is 0.935. The molecule has 0 bridgehead atoms. The minimum absolute atomic E-state index is 0.0816. The zero-order valence-corrected chi connectivity index (χ0v) is 14.1. The maximum absolute atomic E-state index is 12.2. The topological polar surface area (TPSA) is 77.5 Å². The average Bonchev–Trinajstić information content (AvgIpc) is 3.11. The molecule has 1 saturated heterocycles. The molecule has 0 unspecified atom stereocenters. The van der Waals surface area contributed by atoms with E-state index in [0.29, 0.717) is 6.42 Å². The fourth-order valence-corrected chi connectivity index (χ4v) is 3.10. The SMILES string of the molecule is O=C(N[C@H](CO)Cc1ccccc1)N[C@@H]1CCN(c2ccccn2)C1. The summed E-state index contributed by atoms with van der Waals surface area (Å²) in [6.07, 6.45) is 3.26. The quantitative estimate of drug-likeness (QED) is 0.746. The highest BCUT2D eigenvalue weighted by Gasteiger charge is 2.25. The molecule has 6 nitrogen and oxygen atoms in total. The Morgan fingerprint density at radius 1 is 1.24 bits per heavy atom. The van der Waals surface area contributed by atoms with Gasteiger partial charge >= 0.3 is 6.03 Å². The van der Waals surface area contributed by atoms with Crippen molar-refractivity contribution in [2.45, 2.75) is 24.9 Å². The predicted octanol–water partition coefficient (Wildman–Crippen LogP) is 1.56. The van der Waals surface area contributed by atoms with E-state index in [1.54, 1.807) is 6.20 Å². The van der Waals surface area contributed by atoms with E-state index in [-0.39, 0.29) is 24.7 Å². The number of rotatable bonds is 6. The summed E-state index contributed by atoms with van der Waals surface area (Å²) in [6, 6.07) is 15.2. The molecule has 25 heavy (non-hydrogen) atoms. The third-order valence-electron chi connectivity index (χ3n) is 4.38. The average molecular weight is 340 g/mol. The van der Waals surface area contributed by atoms with Crippen LogP contribution in [0.3, 0.4) is 0 Å². The highest BCUT2D eigenvalue weighted by Crippen LogP contribution is 2.17. The van der Waals surface area contributed by atoms with Crippen LogP contribution >= 0.6 is 0 Å². The van der Waals surface area contributed by atoms with Crippen molar-refractivity contribution in [1.29, 1.82) is 0 Å². The molecule has 0 saturated carbocycles. The lowest BCUT2D eigenvalue weighted by atomic mass is 10.1. The first kappa shape index (κ1) is 17.2. The van der Waals surface area contributed by atoms with Crippen LogP contribution in [0.15, 0.2) is 54.7 Å². The van der Waals surface area contributed by atoms with Crippen LogP contribution in [-0.4, -0.2) is 47.9 Å². The fourth-order valence-electron chi connectivity index (χ4n) is 3.10. The molecule has 1 aromatic heterocycles. The van der Waals surface area contributed by atoms with E-state index in [4.69, 9.17) is 0 Å². The van der Waals surface area contributed by atoms with Crippen molar-refractivity contribution in [3.05, 3.63) is 60.3 Å². The van der Waals surface area contributed by atoms with Gasteiger partial charge in [-0.3, -0.25) is 0 Å². The van der Waals surface area contributed by atoms with Crippen molar-refractivity contribution >= 4 is 11.8 Å². The number of hydrogen-bond acceptors (Lipinski definition) is 4. The van der Waals surface area contributed by atoms with Gasteiger partial charge in [0.25, 0.3) is 0 Å². The number of benzene rings is 1. The van der Waals surface area contributed by atoms with Crippen LogP contribution in [0.25, 0.3) is 0 Å². The normalized spacial score (nSPS) is 18.0. The summed E-state index contributed by atoms with van der Waals surface area (Å²) in [7, 11) is 0. The number of aliphatic hydroxyl groups is 1. The standard InChI is InChI=1S/C19H24N4O2/c24-14-17(12-15-6-2-1-3-7-15)22-19(25)21-16-9-11-23(13-16)18-8-4-5-10-20-18/h1-8,10,16-17,24H,9,11-14H2,(H2,21,22,25)/t16-,17+/m1/s1. The molecule has 6 heteroatoms. The Morgan fingerprint density at radius 2 is 2.04 bits per heavy atom. The molecule has 1 aromatic carbocycles. The number of urea groups is 1. The molecule has 0 aliphatic carbocycles. The van der Waals surface area contributed by atoms with Crippen LogP contribution in [0, 0.1) is 0 Å². The fraction of sp³-hybridized carbons (Fsp3) is 0.368. The summed E-state index contributed by atoms with van der Waals surface area (Å²) < 4.78 is 0. The predicted molar refractivity (Wildman–Crippen MR) is 97.5 cm³/mol. The van der Waals surface area contributed by atoms with E-state index in [2.05, 4.69) is 20.5 Å². The molecule has 1 fully saturated rings. The molecule has 3 rings (SSSR count). The summed E-state index contributed by atoms with van der Waals surface area (Å²) in [4.78, 5) is 18.7. The van der Waals surface area contributed by atoms with Gasteiger partial charge < -0.3 is 20.6 Å². The van der Waals surface area contributed by atoms with E-state index in [1.807, 2.05) is 48.5 Å². The summed E-state index contributed by atoms with van der Waals surface area (Å²) in [5, 5.41) is 15.4. The van der Waals surface area contributed by atoms with E-state index in [0.717, 1.165) is 30.9 Å². The number of pyridine rings is 1. The van der Waals surface area contributed by atoms with Gasteiger partial charge in [-0.05, 0) is 30.5 Å². The number of aromatic nitrogens is 1. The van der Waals surface area contributed by atoms with Crippen molar-refractivity contribution < 1.29 is 9.90 Å². The lowest BCUT2D eigenvalue weighted by molar-refractivity contribution is 0.213. The zero-order chi connectivity index (χ0) is 17.5. The van der Waals surface area contributed by atoms with E-state index in [1.165, 1.54) is 0 Å². The van der Waals surface area contributed by atoms with E-state index in [9.17, 15) is 9.90 Å². The number of anilines is 1. The summed E-state index contributed by atoms with van der Waals surface area (Å²) >= 11 is 0. The number of carbonyl (C=O) groups is 1. The molecule has 3 N–H and O–H groups in total. The summed E-state index contributed by atoms with van der Waals surface area (Å²) in [5.41, 5.74) is 1.09. The van der Waals surface area contributed by atoms with Crippen molar-refractivity contribution in [1.82, 2.24) is 15.6 Å². The minimum atomic E-state index is -0.296. The minimum Gasteiger partial charge on any atom is -0.394 e. The highest BCUT2D eigenvalue weighted by atomic mass is 16.3. The Morgan fingerprint density at radius 3 is 2.76 bits per heavy atom. The zero-order valence-electron chi connectivity index (χ0n) is 14.1. The van der Waals surface area contributed by atoms with Gasteiger partial charge in [-0.15, -0.1) is 0 Å². The van der Waals surface area contributed by atoms with Gasteiger partial charge in [0.2, 0.25) is 0 Å². The van der Waals surface area contributed by atoms with Crippen LogP contribution in [0.4, 0.5) is 10.6 Å². The molecular formula is C19H24N4O2. The Balaban J connectivity index is 1.47. The number of amides is 2. The van der Waals surface area contributed by atoms with Crippen molar-refractivity contribution in [2.75, 3.05) is 24.6 Å². The van der Waals surface area contributed by atoms with Gasteiger partial charge in [-0.25, -0.2) is 9.78 Å². The molecule has 1 aliphatic heterocycles. The molecular weight excluding hydrogens is 316 g/mol. The molecule has 2 amide bonds. The first-order valence-electron chi connectivity index (χ1n) is 8.62. The van der Waals surface area contributed by atoms with E-state index < -0.39 is 0 Å². The second-order valence-electron chi connectivity index (χ2n) is 6.31. The van der Waals surface area contributed by atoms with Gasteiger partial charge in [0.15, 0.2) is 0 Å². The van der Waals surface area contributed by atoms with Crippen molar-refractivity contribution in [3.8, 4) is 0 Å². The number of carbonyl (C=O) groups excluding carboxylic acids is 1. The Labute approximate surface area is 147 Å². The number of hydrogen-bond donors (Lipinski definition) is 3. The van der Waals surface area contributed by atoms with Crippen LogP contribution in [0.5, 0.6) is 0 Å². The monoisotopic (exact) mass is 340 g/mol. The Hall–Kier alpha value is -2.60. The van der Waals surface area contributed by atoms with Crippen molar-refractivity contribution in [3.63, 3.8) is 0 Å². The molecule has 0 spiro atoms. The largest absolute Gasteiger partial charge is 0.394 e. The molecule has 1 aliphatic rings. The number of nitrogens with zero attached hydrogens (tertiary/aromatic N) is 2. The second-order valence-corrected chi connectivity index (χ2v) is 6.31. The lowest BCUT2D eigenvalue weighted by Gasteiger charge is -2.20. The molecule has 2 atom stereocenters. The lowest BCUT2D eigenvalue weighted by Crippen LogP contribution is -2.48. The van der Waals surface area contributed by atoms with Crippen molar-refractivity contribution in [2.24, 2.45) is 0 Å². The second kappa shape index (κ2) is 8.48. The molecule has 132 valence electrons. The van der Waals surface area contributed by atoms with E-state index >= 15 is 0 Å². The Kier molecular flexibility index (Phi) is 5.85. The first-order valence-corrected chi connectivity index (χ1v) is 8.62. The van der Waals surface area contributed by atoms with Crippen LogP contribution < -0.4 is 15.5 Å². The van der Waals surface area contributed by atoms with Gasteiger partial charge in [0.05, 0.1) is 12.6 Å². The summed E-state index contributed by atoms with van der Waals surface area (Å²) in [6.45, 7) is 1.52. The van der Waals surface area contributed by atoms with Gasteiger partial charge in [-0.1, -0.05) is 36.4 Å². The highest BCUT2D eigenvalue weighted by molar-refractivity contribution is 5.74. The van der Waals surface area contributed by atoms with Crippen LogP contribution in [0.2, 0.25) is 0 Å². The molecule has 2 heterocycles. The third-order valence-corrected chi connectivity index (χ3v) is 4.38. The molecule has 2 aromatic rings. The maximum Gasteiger partial charge on any atom is 0.315 e. The van der Waals surface area contributed by atoms with Gasteiger partial charge in [-0.2, -0.15) is 0 Å². The third kappa shape index (κ3) is 4.93. The number of aliphatic hydroxyl groups excluding tert-OH is 1. The Bertz CT molecular complexity index is 666. The smallest absolute Gasteiger partial charge is 0.315 e. The first-order chi connectivity index (χ1) is 12.2. The van der Waals surface area contributed by atoms with Crippen LogP contribution in [-0.2, 0) is 6.42 Å². The van der Waals surface area contributed by atoms with Gasteiger partial charge in [0.1, 0.15) is 5.82 Å². The molecule has 0 radical (unpaired) electrons. The van der Waals surface area contributed by atoms with Gasteiger partial charge in [0, 0.05) is 25.3 Å². The van der Waals surface area contributed by atoms with Crippen LogP contribution in [0.1, 0.15) is 12.0 Å².